The molecule has 0 aliphatic rings. The van der Waals surface area contributed by atoms with Crippen LogP contribution in [0.1, 0.15) is 31.5 Å². The highest BCUT2D eigenvalue weighted by Crippen LogP contribution is 2.21. The Morgan fingerprint density at radius 2 is 1.76 bits per heavy atom. The molecule has 3 rings (SSSR count). The Morgan fingerprint density at radius 1 is 1.10 bits per heavy atom. The van der Waals surface area contributed by atoms with Crippen LogP contribution in [0, 0.1) is 5.92 Å². The Hall–Kier alpha value is -3.75. The second-order valence-electron chi connectivity index (χ2n) is 6.90. The van der Waals surface area contributed by atoms with Gasteiger partial charge in [-0.25, -0.2) is 0 Å². The summed E-state index contributed by atoms with van der Waals surface area (Å²) in [5.41, 5.74) is 0.114. The van der Waals surface area contributed by atoms with Crippen molar-refractivity contribution in [2.45, 2.75) is 25.9 Å². The molecule has 2 aromatic carbocycles. The molecule has 29 heavy (non-hydrogen) atoms. The predicted octanol–water partition coefficient (Wildman–Crippen LogP) is 0.302. The van der Waals surface area contributed by atoms with Crippen LogP contribution in [0.2, 0.25) is 0 Å². The molecule has 9 nitrogen and oxygen atoms in total. The van der Waals surface area contributed by atoms with E-state index in [1.54, 1.807) is 38.1 Å². The summed E-state index contributed by atoms with van der Waals surface area (Å²) in [7, 11) is 0. The third-order valence-electron chi connectivity index (χ3n) is 4.50. The van der Waals surface area contributed by atoms with Crippen LogP contribution in [0.4, 0.5) is 0 Å². The molecule has 0 saturated heterocycles. The molecule has 0 unspecified atom stereocenters. The molecule has 0 spiro atoms. The van der Waals surface area contributed by atoms with Crippen LogP contribution in [0.25, 0.3) is 10.9 Å². The molecule has 1 aromatic heterocycles. The Bertz CT molecular complexity index is 1110. The molecule has 3 aromatic rings. The highest BCUT2D eigenvalue weighted by Gasteiger charge is 2.29. The number of carboxylic acid groups (broad SMARTS) is 1. The van der Waals surface area contributed by atoms with Crippen molar-refractivity contribution in [3.8, 4) is 5.75 Å². The maximum absolute atomic E-state index is 12.9. The number of benzene rings is 2. The zero-order chi connectivity index (χ0) is 21.1. The number of rotatable bonds is 6. The molecule has 0 bridgehead atoms. The number of hydrogen-bond donors (Lipinski definition) is 2. The lowest BCUT2D eigenvalue weighted by Crippen LogP contribution is -2.47. The van der Waals surface area contributed by atoms with Gasteiger partial charge in [-0.05, 0) is 35.7 Å². The number of hydrogen-bond acceptors (Lipinski definition) is 7. The van der Waals surface area contributed by atoms with Gasteiger partial charge in [0, 0.05) is 0 Å². The van der Waals surface area contributed by atoms with E-state index in [1.165, 1.54) is 24.3 Å². The fourth-order valence-corrected chi connectivity index (χ4v) is 3.05. The van der Waals surface area contributed by atoms with Gasteiger partial charge in [-0.3, -0.25) is 9.59 Å². The van der Waals surface area contributed by atoms with Crippen LogP contribution in [0.3, 0.4) is 0 Å². The Kier molecular flexibility index (Phi) is 5.58. The van der Waals surface area contributed by atoms with E-state index in [2.05, 4.69) is 15.6 Å². The minimum Gasteiger partial charge on any atom is -0.548 e. The number of carboxylic acids is 1. The molecule has 2 atom stereocenters. The number of fused-ring (bicyclic) bond motifs is 1. The molecule has 9 heteroatoms. The number of phenolic OH excluding ortho intramolecular Hbond substituents is 1. The molecule has 0 saturated carbocycles. The Labute approximate surface area is 165 Å². The Morgan fingerprint density at radius 3 is 2.38 bits per heavy atom. The first-order valence-corrected chi connectivity index (χ1v) is 8.94. The minimum absolute atomic E-state index is 0.0461. The average Bonchev–Trinajstić information content (AvgIpc) is 2.68. The molecule has 150 valence electrons. The fourth-order valence-electron chi connectivity index (χ4n) is 3.05. The van der Waals surface area contributed by atoms with E-state index in [-0.39, 0.29) is 17.2 Å². The van der Waals surface area contributed by atoms with Crippen LogP contribution in [0.15, 0.2) is 53.3 Å². The lowest BCUT2D eigenvalue weighted by molar-refractivity contribution is -0.308. The lowest BCUT2D eigenvalue weighted by Gasteiger charge is -2.26. The number of aromatic nitrogens is 3. The van der Waals surface area contributed by atoms with Gasteiger partial charge in [0.1, 0.15) is 17.3 Å². The zero-order valence-electron chi connectivity index (χ0n) is 15.8. The van der Waals surface area contributed by atoms with Gasteiger partial charge in [-0.2, -0.15) is 4.68 Å². The number of nitrogens with zero attached hydrogens (tertiary/aromatic N) is 3. The first-order chi connectivity index (χ1) is 13.8. The molecular weight excluding hydrogens is 376 g/mol. The monoisotopic (exact) mass is 395 g/mol. The predicted molar refractivity (Wildman–Crippen MR) is 102 cm³/mol. The molecule has 0 aliphatic heterocycles. The number of nitrogens with one attached hydrogen (secondary N) is 1. The number of carbonyl (C=O) groups is 2. The second-order valence-corrected chi connectivity index (χ2v) is 6.90. The third kappa shape index (κ3) is 4.08. The van der Waals surface area contributed by atoms with Crippen molar-refractivity contribution in [1.29, 1.82) is 0 Å². The normalized spacial score (nSPS) is 13.2. The van der Waals surface area contributed by atoms with E-state index in [4.69, 9.17) is 0 Å². The molecule has 0 aliphatic carbocycles. The van der Waals surface area contributed by atoms with Gasteiger partial charge >= 0.3 is 0 Å². The fraction of sp³-hybridized carbons (Fsp3) is 0.250. The van der Waals surface area contributed by atoms with Gasteiger partial charge in [0.05, 0.1) is 17.4 Å². The van der Waals surface area contributed by atoms with E-state index < -0.39 is 29.5 Å². The van der Waals surface area contributed by atoms with Crippen molar-refractivity contribution in [3.63, 3.8) is 0 Å². The van der Waals surface area contributed by atoms with Gasteiger partial charge in [-0.1, -0.05) is 43.3 Å². The first-order valence-electron chi connectivity index (χ1n) is 8.94. The molecule has 2 N–H and O–H groups in total. The summed E-state index contributed by atoms with van der Waals surface area (Å²) < 4.78 is 0.964. The summed E-state index contributed by atoms with van der Waals surface area (Å²) in [4.78, 5) is 37.4. The number of aromatic hydroxyl groups is 1. The second kappa shape index (κ2) is 8.09. The number of aliphatic carboxylic acids is 1. The van der Waals surface area contributed by atoms with E-state index in [0.717, 1.165) is 4.68 Å². The van der Waals surface area contributed by atoms with Crippen molar-refractivity contribution in [2.24, 2.45) is 5.92 Å². The highest BCUT2D eigenvalue weighted by molar-refractivity contribution is 5.86. The lowest BCUT2D eigenvalue weighted by atomic mass is 10.0. The summed E-state index contributed by atoms with van der Waals surface area (Å²) in [6.45, 7) is 3.42. The van der Waals surface area contributed by atoms with Gasteiger partial charge < -0.3 is 20.3 Å². The molecule has 1 amide bonds. The summed E-state index contributed by atoms with van der Waals surface area (Å²) >= 11 is 0. The van der Waals surface area contributed by atoms with Gasteiger partial charge in [0.25, 0.3) is 5.56 Å². The quantitative estimate of drug-likeness (QED) is 0.612. The SMILES string of the molecule is CC(C)[C@@H](C(=O)N[C@@H](C(=O)[O-])c1ccc(O)cc1)n1nnc2ccccc2c1=O. The van der Waals surface area contributed by atoms with E-state index >= 15 is 0 Å². The maximum atomic E-state index is 12.9. The van der Waals surface area contributed by atoms with Crippen LogP contribution >= 0.6 is 0 Å². The topological polar surface area (TPSA) is 137 Å². The largest absolute Gasteiger partial charge is 0.548 e. The molecule has 1 heterocycles. The maximum Gasteiger partial charge on any atom is 0.278 e. The van der Waals surface area contributed by atoms with Gasteiger partial charge in [0.15, 0.2) is 0 Å². The number of amides is 1. The van der Waals surface area contributed by atoms with Gasteiger partial charge in [-0.15, -0.1) is 5.10 Å². The summed E-state index contributed by atoms with van der Waals surface area (Å²) in [5.74, 6) is -2.67. The van der Waals surface area contributed by atoms with E-state index in [1.807, 2.05) is 0 Å². The Balaban J connectivity index is 1.98. The minimum atomic E-state index is -1.52. The standard InChI is InChI=1S/C20H20N4O5/c1-11(2)17(24-19(27)14-5-3-4-6-15(14)22-23-24)18(26)21-16(20(28)29)12-7-9-13(25)10-8-12/h3-11,16-17,25H,1-2H3,(H,21,26)(H,28,29)/p-1/t16-,17+/m1/s1. The first kappa shape index (κ1) is 20.0. The van der Waals surface area contributed by atoms with Crippen molar-refractivity contribution >= 4 is 22.8 Å². The van der Waals surface area contributed by atoms with Crippen molar-refractivity contribution < 1.29 is 19.8 Å². The van der Waals surface area contributed by atoms with E-state index in [0.29, 0.717) is 10.9 Å². The molecular formula is C20H19N4O5-. The summed E-state index contributed by atoms with van der Waals surface area (Å²) in [6, 6.07) is 9.39. The van der Waals surface area contributed by atoms with Crippen LogP contribution in [0.5, 0.6) is 5.75 Å². The number of phenols is 1. The number of carbonyl (C=O) groups excluding carboxylic acids is 2. The summed E-state index contributed by atoms with van der Waals surface area (Å²) in [6.07, 6.45) is 0. The van der Waals surface area contributed by atoms with Crippen LogP contribution in [-0.4, -0.2) is 32.0 Å². The van der Waals surface area contributed by atoms with Crippen molar-refractivity contribution in [3.05, 3.63) is 64.4 Å². The van der Waals surface area contributed by atoms with Crippen LogP contribution < -0.4 is 16.0 Å². The third-order valence-corrected chi connectivity index (χ3v) is 4.50. The van der Waals surface area contributed by atoms with Gasteiger partial charge in [0.2, 0.25) is 5.91 Å². The summed E-state index contributed by atoms with van der Waals surface area (Å²) in [5, 5.41) is 31.6. The van der Waals surface area contributed by atoms with E-state index in [9.17, 15) is 24.6 Å². The zero-order valence-corrected chi connectivity index (χ0v) is 15.8. The van der Waals surface area contributed by atoms with Crippen molar-refractivity contribution in [2.75, 3.05) is 0 Å². The van der Waals surface area contributed by atoms with Crippen molar-refractivity contribution in [1.82, 2.24) is 20.3 Å². The van der Waals surface area contributed by atoms with Crippen LogP contribution in [-0.2, 0) is 9.59 Å². The molecule has 0 radical (unpaired) electrons. The highest BCUT2D eigenvalue weighted by atomic mass is 16.4. The molecule has 0 fully saturated rings. The smallest absolute Gasteiger partial charge is 0.278 e. The average molecular weight is 395 g/mol.